The summed E-state index contributed by atoms with van der Waals surface area (Å²) in [6.07, 6.45) is 2.65. The number of carbonyl (C=O) groups is 2. The predicted octanol–water partition coefficient (Wildman–Crippen LogP) is 4.41. The van der Waals surface area contributed by atoms with Crippen molar-refractivity contribution in [2.75, 3.05) is 0 Å². The minimum atomic E-state index is -0.811. The molecule has 3 rings (SSSR count). The van der Waals surface area contributed by atoms with Crippen molar-refractivity contribution in [1.82, 2.24) is 15.2 Å². The molecular weight excluding hydrogens is 393 g/mol. The van der Waals surface area contributed by atoms with E-state index in [9.17, 15) is 14.0 Å². The Morgan fingerprint density at radius 1 is 1.00 bits per heavy atom. The maximum atomic E-state index is 13.4. The molecule has 0 saturated heterocycles. The van der Waals surface area contributed by atoms with Crippen LogP contribution in [0.5, 0.6) is 0 Å². The molecule has 3 aromatic rings. The standard InChI is InChI=1S/C25H26FN3O2/c1-2-8-23(30)29(18-19-12-14-21(26)15-13-19)24(20-9-4-3-5-10-20)25(31)28-17-22-11-6-7-16-27-22/h3-7,9-16,24H,2,8,17-18H2,1H3,(H,28,31)/t24-/m1/s1. The minimum absolute atomic E-state index is 0.131. The third kappa shape index (κ3) is 6.22. The topological polar surface area (TPSA) is 62.3 Å². The van der Waals surface area contributed by atoms with E-state index in [0.29, 0.717) is 18.4 Å². The lowest BCUT2D eigenvalue weighted by Crippen LogP contribution is -2.43. The summed E-state index contributed by atoms with van der Waals surface area (Å²) in [6, 6.07) is 19.9. The summed E-state index contributed by atoms with van der Waals surface area (Å²) in [7, 11) is 0. The molecule has 0 fully saturated rings. The van der Waals surface area contributed by atoms with Gasteiger partial charge in [0.2, 0.25) is 11.8 Å². The van der Waals surface area contributed by atoms with Crippen LogP contribution in [0.1, 0.15) is 42.6 Å². The van der Waals surface area contributed by atoms with Gasteiger partial charge in [0.05, 0.1) is 12.2 Å². The zero-order valence-corrected chi connectivity index (χ0v) is 17.5. The normalized spacial score (nSPS) is 11.5. The Morgan fingerprint density at radius 3 is 2.35 bits per heavy atom. The molecule has 0 aliphatic carbocycles. The summed E-state index contributed by atoms with van der Waals surface area (Å²) < 4.78 is 13.4. The van der Waals surface area contributed by atoms with Gasteiger partial charge in [0.25, 0.3) is 0 Å². The molecular formula is C25H26FN3O2. The van der Waals surface area contributed by atoms with E-state index in [4.69, 9.17) is 0 Å². The van der Waals surface area contributed by atoms with Crippen molar-refractivity contribution < 1.29 is 14.0 Å². The number of aromatic nitrogens is 1. The van der Waals surface area contributed by atoms with E-state index in [0.717, 1.165) is 11.3 Å². The lowest BCUT2D eigenvalue weighted by atomic mass is 10.0. The average Bonchev–Trinajstić information content (AvgIpc) is 2.80. The molecule has 1 aromatic heterocycles. The Kier molecular flexibility index (Phi) is 7.87. The van der Waals surface area contributed by atoms with Crippen LogP contribution in [0.3, 0.4) is 0 Å². The van der Waals surface area contributed by atoms with Gasteiger partial charge in [0, 0.05) is 19.2 Å². The monoisotopic (exact) mass is 419 g/mol. The van der Waals surface area contributed by atoms with Gasteiger partial charge in [-0.1, -0.05) is 55.5 Å². The third-order valence-electron chi connectivity index (χ3n) is 4.90. The molecule has 0 radical (unpaired) electrons. The Bertz CT molecular complexity index is 979. The molecule has 0 unspecified atom stereocenters. The number of carbonyl (C=O) groups excluding carboxylic acids is 2. The molecule has 5 nitrogen and oxygen atoms in total. The summed E-state index contributed by atoms with van der Waals surface area (Å²) in [6.45, 7) is 2.39. The molecule has 1 heterocycles. The summed E-state index contributed by atoms with van der Waals surface area (Å²) in [5.41, 5.74) is 2.20. The van der Waals surface area contributed by atoms with Crippen LogP contribution < -0.4 is 5.32 Å². The molecule has 0 bridgehead atoms. The van der Waals surface area contributed by atoms with Crippen LogP contribution in [0.15, 0.2) is 79.0 Å². The molecule has 0 aliphatic heterocycles. The van der Waals surface area contributed by atoms with Gasteiger partial charge in [-0.25, -0.2) is 4.39 Å². The molecule has 0 saturated carbocycles. The third-order valence-corrected chi connectivity index (χ3v) is 4.90. The number of amides is 2. The number of hydrogen-bond donors (Lipinski definition) is 1. The fourth-order valence-electron chi connectivity index (χ4n) is 3.35. The van der Waals surface area contributed by atoms with E-state index in [1.807, 2.05) is 55.5 Å². The number of nitrogens with zero attached hydrogens (tertiary/aromatic N) is 2. The highest BCUT2D eigenvalue weighted by molar-refractivity contribution is 5.88. The summed E-state index contributed by atoms with van der Waals surface area (Å²) in [4.78, 5) is 32.2. The Labute approximate surface area is 181 Å². The minimum Gasteiger partial charge on any atom is -0.348 e. The van der Waals surface area contributed by atoms with E-state index in [1.54, 1.807) is 23.2 Å². The van der Waals surface area contributed by atoms with E-state index in [2.05, 4.69) is 10.3 Å². The van der Waals surface area contributed by atoms with Crippen LogP contribution in [-0.4, -0.2) is 21.7 Å². The molecule has 1 N–H and O–H groups in total. The number of pyridine rings is 1. The summed E-state index contributed by atoms with van der Waals surface area (Å²) in [5, 5.41) is 2.91. The molecule has 0 spiro atoms. The van der Waals surface area contributed by atoms with Crippen molar-refractivity contribution in [3.8, 4) is 0 Å². The van der Waals surface area contributed by atoms with Crippen molar-refractivity contribution in [3.63, 3.8) is 0 Å². The number of halogens is 1. The molecule has 0 aliphatic rings. The van der Waals surface area contributed by atoms with Crippen LogP contribution >= 0.6 is 0 Å². The summed E-state index contributed by atoms with van der Waals surface area (Å²) in [5.74, 6) is -0.764. The highest BCUT2D eigenvalue weighted by atomic mass is 19.1. The average molecular weight is 420 g/mol. The van der Waals surface area contributed by atoms with Crippen LogP contribution in [0.2, 0.25) is 0 Å². The first kappa shape index (κ1) is 22.2. The maximum absolute atomic E-state index is 13.4. The van der Waals surface area contributed by atoms with Gasteiger partial charge in [-0.3, -0.25) is 14.6 Å². The van der Waals surface area contributed by atoms with Gasteiger partial charge in [-0.05, 0) is 41.8 Å². The number of rotatable bonds is 9. The second-order valence-corrected chi connectivity index (χ2v) is 7.25. The van der Waals surface area contributed by atoms with Gasteiger partial charge in [0.1, 0.15) is 11.9 Å². The Morgan fingerprint density at radius 2 is 1.71 bits per heavy atom. The van der Waals surface area contributed by atoms with Gasteiger partial charge in [-0.15, -0.1) is 0 Å². The summed E-state index contributed by atoms with van der Waals surface area (Å²) >= 11 is 0. The Balaban J connectivity index is 1.91. The van der Waals surface area contributed by atoms with Crippen LogP contribution in [-0.2, 0) is 22.7 Å². The maximum Gasteiger partial charge on any atom is 0.247 e. The smallest absolute Gasteiger partial charge is 0.247 e. The zero-order chi connectivity index (χ0) is 22.1. The second-order valence-electron chi connectivity index (χ2n) is 7.25. The van der Waals surface area contributed by atoms with Crippen LogP contribution in [0.4, 0.5) is 4.39 Å². The highest BCUT2D eigenvalue weighted by Crippen LogP contribution is 2.25. The predicted molar refractivity (Wildman–Crippen MR) is 117 cm³/mol. The highest BCUT2D eigenvalue weighted by Gasteiger charge is 2.31. The second kappa shape index (κ2) is 11.0. The first-order valence-electron chi connectivity index (χ1n) is 10.3. The van der Waals surface area contributed by atoms with Crippen molar-refractivity contribution >= 4 is 11.8 Å². The lowest BCUT2D eigenvalue weighted by molar-refractivity contribution is -0.141. The molecule has 6 heteroatoms. The zero-order valence-electron chi connectivity index (χ0n) is 17.5. The lowest BCUT2D eigenvalue weighted by Gasteiger charge is -2.31. The van der Waals surface area contributed by atoms with E-state index >= 15 is 0 Å². The van der Waals surface area contributed by atoms with E-state index in [-0.39, 0.29) is 30.7 Å². The van der Waals surface area contributed by atoms with Gasteiger partial charge < -0.3 is 10.2 Å². The largest absolute Gasteiger partial charge is 0.348 e. The van der Waals surface area contributed by atoms with Gasteiger partial charge >= 0.3 is 0 Å². The molecule has 2 aromatic carbocycles. The van der Waals surface area contributed by atoms with Gasteiger partial charge in [0.15, 0.2) is 0 Å². The molecule has 1 atom stereocenters. The first-order chi connectivity index (χ1) is 15.1. The quantitative estimate of drug-likeness (QED) is 0.559. The molecule has 2 amide bonds. The number of nitrogens with one attached hydrogen (secondary N) is 1. The fraction of sp³-hybridized carbons (Fsp3) is 0.240. The number of benzene rings is 2. The SMILES string of the molecule is CCCC(=O)N(Cc1ccc(F)cc1)[C@@H](C(=O)NCc1ccccn1)c1ccccc1. The van der Waals surface area contributed by atoms with Crippen LogP contribution in [0, 0.1) is 5.82 Å². The van der Waals surface area contributed by atoms with Gasteiger partial charge in [-0.2, -0.15) is 0 Å². The number of hydrogen-bond acceptors (Lipinski definition) is 3. The fourth-order valence-corrected chi connectivity index (χ4v) is 3.35. The van der Waals surface area contributed by atoms with E-state index < -0.39 is 6.04 Å². The van der Waals surface area contributed by atoms with Crippen molar-refractivity contribution in [1.29, 1.82) is 0 Å². The van der Waals surface area contributed by atoms with Crippen molar-refractivity contribution in [2.24, 2.45) is 0 Å². The van der Waals surface area contributed by atoms with Crippen molar-refractivity contribution in [2.45, 2.75) is 38.9 Å². The van der Waals surface area contributed by atoms with Crippen molar-refractivity contribution in [3.05, 3.63) is 102 Å². The first-order valence-corrected chi connectivity index (χ1v) is 10.3. The molecule has 160 valence electrons. The molecule has 31 heavy (non-hydrogen) atoms. The Hall–Kier alpha value is -3.54. The van der Waals surface area contributed by atoms with E-state index in [1.165, 1.54) is 12.1 Å². The van der Waals surface area contributed by atoms with Crippen LogP contribution in [0.25, 0.3) is 0 Å².